The molecule has 0 fully saturated rings. The van der Waals surface area contributed by atoms with Crippen molar-refractivity contribution in [1.29, 1.82) is 0 Å². The molecular weight excluding hydrogens is 521 g/mol. The van der Waals surface area contributed by atoms with Gasteiger partial charge in [-0.3, -0.25) is 9.69 Å². The van der Waals surface area contributed by atoms with E-state index in [4.69, 9.17) is 27.6 Å². The third kappa shape index (κ3) is 4.42. The normalized spacial score (nSPS) is 14.8. The molecule has 3 nitrogen and oxygen atoms in total. The molecule has 1 aliphatic heterocycles. The summed E-state index contributed by atoms with van der Waals surface area (Å²) in [5.74, 6) is 1.12. The minimum absolute atomic E-state index is 0.195. The minimum Gasteiger partial charge on any atom is -0.457 e. The molecule has 0 N–H and O–H groups in total. The van der Waals surface area contributed by atoms with E-state index < -0.39 is 0 Å². The van der Waals surface area contributed by atoms with E-state index in [0.717, 1.165) is 27.1 Å². The molecule has 5 rings (SSSR count). The Morgan fingerprint density at radius 1 is 0.848 bits per heavy atom. The van der Waals surface area contributed by atoms with Crippen molar-refractivity contribution in [2.75, 3.05) is 4.90 Å². The highest BCUT2D eigenvalue weighted by molar-refractivity contribution is 9.10. The van der Waals surface area contributed by atoms with Gasteiger partial charge in [0.25, 0.3) is 5.91 Å². The fraction of sp³-hybridized carbons (Fsp3) is 0. The molecule has 1 aromatic heterocycles. The lowest BCUT2D eigenvalue weighted by Crippen LogP contribution is -2.25. The van der Waals surface area contributed by atoms with Gasteiger partial charge in [0.05, 0.1) is 16.4 Å². The van der Waals surface area contributed by atoms with E-state index in [2.05, 4.69) is 15.9 Å². The number of halogens is 3. The number of hydrogen-bond donors (Lipinski definition) is 0. The molecule has 3 aromatic carbocycles. The van der Waals surface area contributed by atoms with Crippen molar-refractivity contribution in [2.45, 2.75) is 0 Å². The number of carbonyl (C=O) groups excluding carboxylic acids is 1. The van der Waals surface area contributed by atoms with E-state index in [0.29, 0.717) is 27.1 Å². The first-order chi connectivity index (χ1) is 16.0. The maximum absolute atomic E-state index is 13.5. The number of rotatable bonds is 4. The lowest BCUT2D eigenvalue weighted by Gasteiger charge is -2.22. The summed E-state index contributed by atoms with van der Waals surface area (Å²) < 4.78 is 7.00. The molecule has 0 bridgehead atoms. The van der Waals surface area contributed by atoms with Crippen LogP contribution in [0, 0.1) is 0 Å². The largest absolute Gasteiger partial charge is 0.457 e. The highest BCUT2D eigenvalue weighted by atomic mass is 79.9. The van der Waals surface area contributed by atoms with E-state index in [1.807, 2.05) is 72.8 Å². The highest BCUT2D eigenvalue weighted by Gasteiger charge is 2.32. The zero-order valence-corrected chi connectivity index (χ0v) is 20.2. The molecule has 0 radical (unpaired) electrons. The third-order valence-corrected chi connectivity index (χ3v) is 6.32. The quantitative estimate of drug-likeness (QED) is 0.245. The van der Waals surface area contributed by atoms with Gasteiger partial charge in [-0.05, 0) is 60.2 Å². The molecule has 0 unspecified atom stereocenters. The fourth-order valence-corrected chi connectivity index (χ4v) is 4.45. The number of benzene rings is 3. The number of furan rings is 1. The highest BCUT2D eigenvalue weighted by Crippen LogP contribution is 2.39. The monoisotopic (exact) mass is 535 g/mol. The molecule has 4 aromatic rings. The van der Waals surface area contributed by atoms with Crippen LogP contribution in [-0.4, -0.2) is 5.91 Å². The lowest BCUT2D eigenvalue weighted by molar-refractivity contribution is -0.113. The van der Waals surface area contributed by atoms with Crippen LogP contribution < -0.4 is 4.90 Å². The fourth-order valence-electron chi connectivity index (χ4n) is 3.69. The van der Waals surface area contributed by atoms with Crippen LogP contribution >= 0.6 is 39.1 Å². The Morgan fingerprint density at radius 2 is 1.61 bits per heavy atom. The first-order valence-corrected chi connectivity index (χ1v) is 11.7. The Kier molecular flexibility index (Phi) is 5.98. The Balaban J connectivity index is 1.56. The van der Waals surface area contributed by atoms with Crippen LogP contribution in [0.4, 0.5) is 5.69 Å². The smallest absolute Gasteiger partial charge is 0.263 e. The van der Waals surface area contributed by atoms with Gasteiger partial charge in [-0.15, -0.1) is 0 Å². The number of anilines is 1. The second-order valence-corrected chi connectivity index (χ2v) is 9.20. The summed E-state index contributed by atoms with van der Waals surface area (Å²) in [4.78, 5) is 15.1. The number of carbonyl (C=O) groups is 1. The molecule has 2 heterocycles. The molecule has 0 atom stereocenters. The van der Waals surface area contributed by atoms with E-state index in [9.17, 15) is 4.79 Å². The lowest BCUT2D eigenvalue weighted by atomic mass is 10.1. The maximum Gasteiger partial charge on any atom is 0.263 e. The third-order valence-electron chi connectivity index (χ3n) is 5.26. The summed E-state index contributed by atoms with van der Waals surface area (Å²) >= 11 is 16.0. The van der Waals surface area contributed by atoms with Gasteiger partial charge >= 0.3 is 0 Å². The zero-order chi connectivity index (χ0) is 22.9. The summed E-state index contributed by atoms with van der Waals surface area (Å²) in [6.45, 7) is 0. The Hall–Kier alpha value is -3.05. The van der Waals surface area contributed by atoms with Gasteiger partial charge < -0.3 is 4.42 Å². The van der Waals surface area contributed by atoms with Gasteiger partial charge in [0.15, 0.2) is 0 Å². The van der Waals surface area contributed by atoms with E-state index >= 15 is 0 Å². The van der Waals surface area contributed by atoms with Crippen LogP contribution in [0.3, 0.4) is 0 Å². The average Bonchev–Trinajstić information content (AvgIpc) is 3.40. The minimum atomic E-state index is -0.195. The van der Waals surface area contributed by atoms with Gasteiger partial charge in [-0.2, -0.15) is 0 Å². The summed E-state index contributed by atoms with van der Waals surface area (Å²) in [5.41, 5.74) is 3.65. The average molecular weight is 537 g/mol. The second-order valence-electron chi connectivity index (χ2n) is 7.44. The molecule has 1 amide bonds. The molecule has 6 heteroatoms. The molecule has 0 aliphatic carbocycles. The zero-order valence-electron chi connectivity index (χ0n) is 17.1. The van der Waals surface area contributed by atoms with E-state index in [-0.39, 0.29) is 5.91 Å². The van der Waals surface area contributed by atoms with E-state index in [1.54, 1.807) is 29.2 Å². The number of hydrogen-bond acceptors (Lipinski definition) is 2. The number of amides is 1. The van der Waals surface area contributed by atoms with Crippen LogP contribution in [0.25, 0.3) is 23.1 Å². The van der Waals surface area contributed by atoms with Crippen LogP contribution in [0.15, 0.2) is 105 Å². The number of nitrogens with zero attached hydrogens (tertiary/aromatic N) is 1. The first-order valence-electron chi connectivity index (χ1n) is 10.1. The second kappa shape index (κ2) is 9.06. The molecule has 0 spiro atoms. The predicted octanol–water partition coefficient (Wildman–Crippen LogP) is 8.49. The molecule has 33 heavy (non-hydrogen) atoms. The molecule has 0 saturated heterocycles. The first kappa shape index (κ1) is 21.8. The Labute approximate surface area is 209 Å². The van der Waals surface area contributed by atoms with Crippen molar-refractivity contribution >= 4 is 62.5 Å². The summed E-state index contributed by atoms with van der Waals surface area (Å²) in [6.07, 6.45) is 3.60. The summed E-state index contributed by atoms with van der Waals surface area (Å²) in [7, 11) is 0. The molecular formula is C27H16BrCl2NO2. The standard InChI is InChI=1S/C27H16BrCl2NO2/c28-20-8-6-18(7-9-20)26-13-11-22(33-26)14-19-15-25(17-4-2-1-3-5-17)31(27(19)32)24-12-10-21(29)16-23(24)30/h1-16H. The van der Waals surface area contributed by atoms with Crippen LogP contribution in [0.5, 0.6) is 0 Å². The maximum atomic E-state index is 13.5. The summed E-state index contributed by atoms with van der Waals surface area (Å²) in [5, 5.41) is 0.905. The molecule has 1 aliphatic rings. The van der Waals surface area contributed by atoms with Crippen molar-refractivity contribution in [2.24, 2.45) is 0 Å². The molecule has 0 saturated carbocycles. The van der Waals surface area contributed by atoms with Crippen LogP contribution in [-0.2, 0) is 4.79 Å². The summed E-state index contributed by atoms with van der Waals surface area (Å²) in [6, 6.07) is 26.4. The van der Waals surface area contributed by atoms with Gasteiger partial charge in [-0.25, -0.2) is 0 Å². The Bertz CT molecular complexity index is 1410. The van der Waals surface area contributed by atoms with Crippen LogP contribution in [0.2, 0.25) is 10.0 Å². The van der Waals surface area contributed by atoms with Crippen molar-refractivity contribution in [3.8, 4) is 11.3 Å². The SMILES string of the molecule is O=C1C(=Cc2ccc(-c3ccc(Br)cc3)o2)C=C(c2ccccc2)N1c1ccc(Cl)cc1Cl. The van der Waals surface area contributed by atoms with Gasteiger partial charge in [0.2, 0.25) is 0 Å². The van der Waals surface area contributed by atoms with Gasteiger partial charge in [0, 0.05) is 20.6 Å². The van der Waals surface area contributed by atoms with Gasteiger partial charge in [0.1, 0.15) is 11.5 Å². The Morgan fingerprint density at radius 3 is 2.33 bits per heavy atom. The topological polar surface area (TPSA) is 33.5 Å². The van der Waals surface area contributed by atoms with Crippen molar-refractivity contribution in [1.82, 2.24) is 0 Å². The van der Waals surface area contributed by atoms with Crippen molar-refractivity contribution < 1.29 is 9.21 Å². The van der Waals surface area contributed by atoms with Gasteiger partial charge in [-0.1, -0.05) is 81.6 Å². The van der Waals surface area contributed by atoms with Crippen molar-refractivity contribution in [3.63, 3.8) is 0 Å². The van der Waals surface area contributed by atoms with E-state index in [1.165, 1.54) is 0 Å². The predicted molar refractivity (Wildman–Crippen MR) is 138 cm³/mol. The van der Waals surface area contributed by atoms with Crippen molar-refractivity contribution in [3.05, 3.63) is 122 Å². The van der Waals surface area contributed by atoms with Crippen LogP contribution in [0.1, 0.15) is 11.3 Å². The molecule has 162 valence electrons.